The molecule has 2 aliphatic rings. The Labute approximate surface area is 68.8 Å². The second kappa shape index (κ2) is 2.78. The lowest BCUT2D eigenvalue weighted by Gasteiger charge is -2.26. The fourth-order valence-electron chi connectivity index (χ4n) is 3.12. The van der Waals surface area contributed by atoms with Crippen LogP contribution >= 0.6 is 0 Å². The molecule has 2 fully saturated rings. The van der Waals surface area contributed by atoms with Crippen LogP contribution in [-0.4, -0.2) is 11.2 Å². The minimum Gasteiger partial charge on any atom is -0.393 e. The Kier molecular flexibility index (Phi) is 1.92. The molecule has 0 radical (unpaired) electrons. The van der Waals surface area contributed by atoms with Crippen molar-refractivity contribution in [2.75, 3.05) is 0 Å². The van der Waals surface area contributed by atoms with Crippen LogP contribution in [0, 0.1) is 17.8 Å². The van der Waals surface area contributed by atoms with E-state index >= 15 is 0 Å². The Morgan fingerprint density at radius 2 is 2.00 bits per heavy atom. The molecule has 0 spiro atoms. The summed E-state index contributed by atoms with van der Waals surface area (Å²) >= 11 is 0. The normalized spacial score (nSPS) is 48.5. The molecule has 0 aromatic heterocycles. The second-order valence-electron chi connectivity index (χ2n) is 4.28. The Hall–Kier alpha value is -0.0400. The Morgan fingerprint density at radius 1 is 1.27 bits per heavy atom. The second-order valence-corrected chi connectivity index (χ2v) is 4.28. The van der Waals surface area contributed by atoms with E-state index in [1.54, 1.807) is 0 Å². The van der Waals surface area contributed by atoms with E-state index < -0.39 is 0 Å². The molecular weight excluding hydrogens is 136 g/mol. The number of hydrogen-bond acceptors (Lipinski definition) is 1. The van der Waals surface area contributed by atoms with Crippen LogP contribution in [0.1, 0.15) is 39.0 Å². The first-order chi connectivity index (χ1) is 5.33. The van der Waals surface area contributed by atoms with Gasteiger partial charge < -0.3 is 5.11 Å². The van der Waals surface area contributed by atoms with Gasteiger partial charge in [-0.2, -0.15) is 0 Å². The lowest BCUT2D eigenvalue weighted by atomic mass is 9.83. The van der Waals surface area contributed by atoms with Crippen molar-refractivity contribution in [1.82, 2.24) is 0 Å². The van der Waals surface area contributed by atoms with E-state index in [-0.39, 0.29) is 6.10 Å². The highest BCUT2D eigenvalue weighted by Crippen LogP contribution is 2.49. The fraction of sp³-hybridized carbons (Fsp3) is 1.00. The zero-order chi connectivity index (χ0) is 7.84. The minimum absolute atomic E-state index is 0.0636. The van der Waals surface area contributed by atoms with Crippen molar-refractivity contribution >= 4 is 0 Å². The summed E-state index contributed by atoms with van der Waals surface area (Å²) in [5.74, 6) is 2.23. The summed E-state index contributed by atoms with van der Waals surface area (Å²) in [6.45, 7) is 2.22. The Balaban J connectivity index is 2.00. The highest BCUT2D eigenvalue weighted by atomic mass is 16.3. The van der Waals surface area contributed by atoms with Crippen LogP contribution in [0.5, 0.6) is 0 Å². The molecule has 64 valence electrons. The molecule has 11 heavy (non-hydrogen) atoms. The molecule has 2 aliphatic carbocycles. The lowest BCUT2D eigenvalue weighted by molar-refractivity contribution is 0.0544. The molecule has 0 unspecified atom stereocenters. The zero-order valence-corrected chi connectivity index (χ0v) is 7.29. The van der Waals surface area contributed by atoms with E-state index in [0.29, 0.717) is 11.8 Å². The van der Waals surface area contributed by atoms with Crippen molar-refractivity contribution < 1.29 is 5.11 Å². The standard InChI is InChI=1S/C10H18O/c1-2-3-9-7-4-5-8(6-7)10(9)11/h7-11H,2-6H2,1H3/t7-,8+,9+,10+/m1/s1. The van der Waals surface area contributed by atoms with E-state index in [4.69, 9.17) is 0 Å². The van der Waals surface area contributed by atoms with Crippen molar-refractivity contribution in [1.29, 1.82) is 0 Å². The number of hydrogen-bond donors (Lipinski definition) is 1. The molecule has 1 nitrogen and oxygen atoms in total. The van der Waals surface area contributed by atoms with Crippen molar-refractivity contribution in [3.8, 4) is 0 Å². The summed E-state index contributed by atoms with van der Waals surface area (Å²) < 4.78 is 0. The maximum absolute atomic E-state index is 9.81. The van der Waals surface area contributed by atoms with Gasteiger partial charge in [-0.25, -0.2) is 0 Å². The Bertz CT molecular complexity index is 142. The molecule has 0 saturated heterocycles. The predicted molar refractivity (Wildman–Crippen MR) is 45.2 cm³/mol. The average Bonchev–Trinajstić information content (AvgIpc) is 2.54. The smallest absolute Gasteiger partial charge is 0.0599 e. The first-order valence-electron chi connectivity index (χ1n) is 5.01. The molecule has 0 aromatic carbocycles. The summed E-state index contributed by atoms with van der Waals surface area (Å²) in [4.78, 5) is 0. The number of fused-ring (bicyclic) bond motifs is 2. The van der Waals surface area contributed by atoms with Crippen molar-refractivity contribution in [3.05, 3.63) is 0 Å². The third kappa shape index (κ3) is 1.10. The molecule has 1 heteroatoms. The van der Waals surface area contributed by atoms with Gasteiger partial charge in [0.15, 0.2) is 0 Å². The maximum atomic E-state index is 9.81. The van der Waals surface area contributed by atoms with E-state index in [1.165, 1.54) is 32.1 Å². The van der Waals surface area contributed by atoms with Crippen molar-refractivity contribution in [2.45, 2.75) is 45.1 Å². The monoisotopic (exact) mass is 154 g/mol. The lowest BCUT2D eigenvalue weighted by Crippen LogP contribution is -2.26. The molecule has 0 heterocycles. The maximum Gasteiger partial charge on any atom is 0.0599 e. The van der Waals surface area contributed by atoms with Crippen molar-refractivity contribution in [2.24, 2.45) is 17.8 Å². The van der Waals surface area contributed by atoms with Gasteiger partial charge in [-0.1, -0.05) is 13.3 Å². The van der Waals surface area contributed by atoms with E-state index in [1.807, 2.05) is 0 Å². The van der Waals surface area contributed by atoms with E-state index in [9.17, 15) is 5.11 Å². The van der Waals surface area contributed by atoms with Gasteiger partial charge in [-0.05, 0) is 43.4 Å². The number of rotatable bonds is 2. The van der Waals surface area contributed by atoms with Crippen LogP contribution in [0.2, 0.25) is 0 Å². The SMILES string of the molecule is CCC[C@H]1[C@@H]2CC[C@@H](C2)[C@@H]1O. The third-order valence-electron chi connectivity index (χ3n) is 3.66. The first kappa shape index (κ1) is 7.60. The first-order valence-corrected chi connectivity index (χ1v) is 5.01. The van der Waals surface area contributed by atoms with Gasteiger partial charge in [0.05, 0.1) is 6.10 Å². The van der Waals surface area contributed by atoms with Gasteiger partial charge in [0.2, 0.25) is 0 Å². The Morgan fingerprint density at radius 3 is 2.55 bits per heavy atom. The predicted octanol–water partition coefficient (Wildman–Crippen LogP) is 2.19. The summed E-state index contributed by atoms with van der Waals surface area (Å²) in [7, 11) is 0. The van der Waals surface area contributed by atoms with Gasteiger partial charge in [0.1, 0.15) is 0 Å². The average molecular weight is 154 g/mol. The van der Waals surface area contributed by atoms with E-state index in [2.05, 4.69) is 6.92 Å². The highest BCUT2D eigenvalue weighted by Gasteiger charge is 2.45. The summed E-state index contributed by atoms with van der Waals surface area (Å²) in [5, 5.41) is 9.81. The van der Waals surface area contributed by atoms with Gasteiger partial charge in [0, 0.05) is 0 Å². The molecular formula is C10H18O. The van der Waals surface area contributed by atoms with Crippen LogP contribution in [-0.2, 0) is 0 Å². The molecule has 2 bridgehead atoms. The molecule has 2 saturated carbocycles. The van der Waals surface area contributed by atoms with E-state index in [0.717, 1.165) is 5.92 Å². The fourth-order valence-corrected chi connectivity index (χ4v) is 3.12. The van der Waals surface area contributed by atoms with Crippen LogP contribution in [0.4, 0.5) is 0 Å². The molecule has 4 atom stereocenters. The van der Waals surface area contributed by atoms with Crippen LogP contribution in [0.15, 0.2) is 0 Å². The van der Waals surface area contributed by atoms with Gasteiger partial charge >= 0.3 is 0 Å². The topological polar surface area (TPSA) is 20.2 Å². The molecule has 0 aromatic rings. The number of aliphatic hydroxyl groups is 1. The number of aliphatic hydroxyl groups excluding tert-OH is 1. The van der Waals surface area contributed by atoms with Crippen LogP contribution in [0.3, 0.4) is 0 Å². The summed E-state index contributed by atoms with van der Waals surface area (Å²) in [6, 6.07) is 0. The quantitative estimate of drug-likeness (QED) is 0.646. The highest BCUT2D eigenvalue weighted by molar-refractivity contribution is 4.96. The minimum atomic E-state index is 0.0636. The van der Waals surface area contributed by atoms with Gasteiger partial charge in [-0.3, -0.25) is 0 Å². The van der Waals surface area contributed by atoms with Crippen molar-refractivity contribution in [3.63, 3.8) is 0 Å². The van der Waals surface area contributed by atoms with Crippen LogP contribution < -0.4 is 0 Å². The molecule has 2 rings (SSSR count). The largest absolute Gasteiger partial charge is 0.393 e. The zero-order valence-electron chi connectivity index (χ0n) is 7.29. The van der Waals surface area contributed by atoms with Crippen LogP contribution in [0.25, 0.3) is 0 Å². The third-order valence-corrected chi connectivity index (χ3v) is 3.66. The summed E-state index contributed by atoms with van der Waals surface area (Å²) in [6.07, 6.45) is 6.58. The molecule has 0 aliphatic heterocycles. The van der Waals surface area contributed by atoms with Gasteiger partial charge in [0.25, 0.3) is 0 Å². The molecule has 1 N–H and O–H groups in total. The van der Waals surface area contributed by atoms with Gasteiger partial charge in [-0.15, -0.1) is 0 Å². The molecule has 0 amide bonds. The summed E-state index contributed by atoms with van der Waals surface area (Å²) in [5.41, 5.74) is 0.